The van der Waals surface area contributed by atoms with Crippen molar-refractivity contribution in [2.24, 2.45) is 0 Å². The number of benzene rings is 1. The minimum absolute atomic E-state index is 0.274. The number of pyridine rings is 1. The maximum Gasteiger partial charge on any atom is 0.129 e. The van der Waals surface area contributed by atoms with E-state index in [1.54, 1.807) is 13.4 Å². The fourth-order valence-corrected chi connectivity index (χ4v) is 4.37. The normalized spacial score (nSPS) is 15.8. The van der Waals surface area contributed by atoms with E-state index in [1.807, 2.05) is 30.5 Å². The molecule has 1 fully saturated rings. The zero-order chi connectivity index (χ0) is 23.2. The third-order valence-corrected chi connectivity index (χ3v) is 6.57. The molecule has 7 nitrogen and oxygen atoms in total. The minimum atomic E-state index is 0.274. The highest BCUT2D eigenvalue weighted by molar-refractivity contribution is 5.62. The van der Waals surface area contributed by atoms with Crippen LogP contribution in [0, 0.1) is 0 Å². The summed E-state index contributed by atoms with van der Waals surface area (Å²) in [4.78, 5) is 18.3. The predicted octanol–water partition coefficient (Wildman–Crippen LogP) is 4.29. The highest BCUT2D eigenvalue weighted by Gasteiger charge is 2.21. The van der Waals surface area contributed by atoms with Crippen LogP contribution in [0.15, 0.2) is 55.0 Å². The average Bonchev–Trinajstić information content (AvgIpc) is 2.87. The summed E-state index contributed by atoms with van der Waals surface area (Å²) in [6.45, 7) is 5.20. The van der Waals surface area contributed by atoms with Gasteiger partial charge in [-0.3, -0.25) is 0 Å². The topological polar surface area (TPSA) is 66.4 Å². The molecule has 0 unspecified atom stereocenters. The largest absolute Gasteiger partial charge is 0.496 e. The number of nitrogens with one attached hydrogen (secondary N) is 1. The molecular formula is C26H34N6O. The Kier molecular flexibility index (Phi) is 7.40. The number of likely N-dealkylation sites (tertiary alicyclic amines) is 1. The molecule has 1 N–H and O–H groups in total. The second kappa shape index (κ2) is 10.6. The summed E-state index contributed by atoms with van der Waals surface area (Å²) in [5, 5.41) is 3.44. The number of aromatic nitrogens is 3. The Morgan fingerprint density at radius 1 is 1.12 bits per heavy atom. The molecule has 0 spiro atoms. The fraction of sp³-hybridized carbons (Fsp3) is 0.423. The van der Waals surface area contributed by atoms with Gasteiger partial charge in [0.05, 0.1) is 12.8 Å². The molecule has 0 aliphatic carbocycles. The number of nitrogens with zero attached hydrogens (tertiary/aromatic N) is 5. The average molecular weight is 447 g/mol. The second-order valence-electron chi connectivity index (χ2n) is 8.86. The molecule has 0 amide bonds. The van der Waals surface area contributed by atoms with Crippen molar-refractivity contribution in [3.8, 4) is 17.0 Å². The molecule has 1 aliphatic heterocycles. The van der Waals surface area contributed by atoms with E-state index in [4.69, 9.17) is 9.72 Å². The molecule has 2 aromatic heterocycles. The van der Waals surface area contributed by atoms with Gasteiger partial charge in [0, 0.05) is 43.4 Å². The number of anilines is 2. The quantitative estimate of drug-likeness (QED) is 0.554. The Bertz CT molecular complexity index is 1030. The molecule has 1 aliphatic rings. The third kappa shape index (κ3) is 5.60. The highest BCUT2D eigenvalue weighted by Crippen LogP contribution is 2.27. The van der Waals surface area contributed by atoms with E-state index >= 15 is 0 Å². The molecule has 174 valence electrons. The molecule has 1 saturated heterocycles. The van der Waals surface area contributed by atoms with Crippen LogP contribution < -0.4 is 15.0 Å². The van der Waals surface area contributed by atoms with Crippen molar-refractivity contribution in [1.29, 1.82) is 0 Å². The van der Waals surface area contributed by atoms with E-state index < -0.39 is 0 Å². The molecule has 0 bridgehead atoms. The number of hydrogen-bond acceptors (Lipinski definition) is 7. The maximum atomic E-state index is 5.50. The van der Waals surface area contributed by atoms with Gasteiger partial charge >= 0.3 is 0 Å². The van der Waals surface area contributed by atoms with Crippen LogP contribution in [-0.4, -0.2) is 66.7 Å². The minimum Gasteiger partial charge on any atom is -0.496 e. The van der Waals surface area contributed by atoms with Gasteiger partial charge in [-0.05, 0) is 56.7 Å². The Labute approximate surface area is 196 Å². The van der Waals surface area contributed by atoms with Crippen LogP contribution in [0.4, 0.5) is 11.6 Å². The first-order valence-corrected chi connectivity index (χ1v) is 11.6. The number of ether oxygens (including phenoxy) is 1. The lowest BCUT2D eigenvalue weighted by atomic mass is 10.00. The third-order valence-electron chi connectivity index (χ3n) is 6.57. The molecule has 3 heterocycles. The zero-order valence-electron chi connectivity index (χ0n) is 20.0. The monoisotopic (exact) mass is 446 g/mol. The van der Waals surface area contributed by atoms with Gasteiger partial charge in [-0.1, -0.05) is 25.1 Å². The van der Waals surface area contributed by atoms with Crippen LogP contribution in [0.5, 0.6) is 5.75 Å². The SMILES string of the molecule is COc1ccccc1[C@H](C)CNc1cc(-c2ccc(N(C)C3CCN(C)CC3)nc2)ncn1. The van der Waals surface area contributed by atoms with E-state index in [1.165, 1.54) is 18.4 Å². The number of rotatable bonds is 8. The molecule has 1 aromatic carbocycles. The Hall–Kier alpha value is -3.19. The highest BCUT2D eigenvalue weighted by atomic mass is 16.5. The number of hydrogen-bond donors (Lipinski definition) is 1. The number of methoxy groups -OCH3 is 1. The van der Waals surface area contributed by atoms with Gasteiger partial charge in [-0.25, -0.2) is 15.0 Å². The molecule has 1 atom stereocenters. The van der Waals surface area contributed by atoms with Crippen molar-refractivity contribution in [2.75, 3.05) is 51.1 Å². The summed E-state index contributed by atoms with van der Waals surface area (Å²) < 4.78 is 5.50. The van der Waals surface area contributed by atoms with Gasteiger partial charge in [0.15, 0.2) is 0 Å². The lowest BCUT2D eigenvalue weighted by Crippen LogP contribution is -2.42. The summed E-state index contributed by atoms with van der Waals surface area (Å²) >= 11 is 0. The van der Waals surface area contributed by atoms with E-state index in [0.29, 0.717) is 6.04 Å². The van der Waals surface area contributed by atoms with Crippen molar-refractivity contribution in [3.63, 3.8) is 0 Å². The lowest BCUT2D eigenvalue weighted by molar-refractivity contribution is 0.252. The molecule has 7 heteroatoms. The zero-order valence-corrected chi connectivity index (χ0v) is 20.0. The van der Waals surface area contributed by atoms with Crippen LogP contribution >= 0.6 is 0 Å². The van der Waals surface area contributed by atoms with Gasteiger partial charge in [-0.15, -0.1) is 0 Å². The summed E-state index contributed by atoms with van der Waals surface area (Å²) in [5.74, 6) is 2.99. The van der Waals surface area contributed by atoms with Gasteiger partial charge in [0.25, 0.3) is 0 Å². The second-order valence-corrected chi connectivity index (χ2v) is 8.86. The van der Waals surface area contributed by atoms with Crippen LogP contribution in [0.2, 0.25) is 0 Å². The fourth-order valence-electron chi connectivity index (χ4n) is 4.37. The van der Waals surface area contributed by atoms with Gasteiger partial charge < -0.3 is 19.9 Å². The predicted molar refractivity (Wildman–Crippen MR) is 134 cm³/mol. The number of para-hydroxylation sites is 1. The smallest absolute Gasteiger partial charge is 0.129 e. The van der Waals surface area contributed by atoms with E-state index in [2.05, 4.69) is 64.3 Å². The van der Waals surface area contributed by atoms with Gasteiger partial charge in [0.1, 0.15) is 23.7 Å². The van der Waals surface area contributed by atoms with E-state index in [9.17, 15) is 0 Å². The first kappa shape index (κ1) is 23.0. The molecule has 3 aromatic rings. The van der Waals surface area contributed by atoms with E-state index in [0.717, 1.165) is 48.3 Å². The summed E-state index contributed by atoms with van der Waals surface area (Å²) in [7, 11) is 6.04. The summed E-state index contributed by atoms with van der Waals surface area (Å²) in [6.07, 6.45) is 5.85. The lowest BCUT2D eigenvalue weighted by Gasteiger charge is -2.35. The van der Waals surface area contributed by atoms with Crippen LogP contribution in [0.25, 0.3) is 11.3 Å². The van der Waals surface area contributed by atoms with Gasteiger partial charge in [-0.2, -0.15) is 0 Å². The van der Waals surface area contributed by atoms with Crippen LogP contribution in [-0.2, 0) is 0 Å². The first-order valence-electron chi connectivity index (χ1n) is 11.6. The standard InChI is InChI=1S/C26H34N6O/c1-19(22-7-5-6-8-24(22)33-4)16-27-25-15-23(29-18-30-25)20-9-10-26(28-17-20)32(3)21-11-13-31(2)14-12-21/h5-10,15,17-19,21H,11-14,16H2,1-4H3,(H,27,29,30)/t19-/m1/s1. The maximum absolute atomic E-state index is 5.50. The van der Waals surface area contributed by atoms with E-state index in [-0.39, 0.29) is 5.92 Å². The van der Waals surface area contributed by atoms with Crippen molar-refractivity contribution < 1.29 is 4.74 Å². The summed E-state index contributed by atoms with van der Waals surface area (Å²) in [5.41, 5.74) is 3.02. The van der Waals surface area contributed by atoms with Crippen LogP contribution in [0.1, 0.15) is 31.2 Å². The molecule has 33 heavy (non-hydrogen) atoms. The van der Waals surface area contributed by atoms with Crippen molar-refractivity contribution >= 4 is 11.6 Å². The van der Waals surface area contributed by atoms with Crippen molar-refractivity contribution in [1.82, 2.24) is 19.9 Å². The Morgan fingerprint density at radius 2 is 1.91 bits per heavy atom. The Morgan fingerprint density at radius 3 is 2.64 bits per heavy atom. The first-order chi connectivity index (χ1) is 16.0. The summed E-state index contributed by atoms with van der Waals surface area (Å²) in [6, 6.07) is 14.8. The Balaban J connectivity index is 1.40. The molecule has 0 saturated carbocycles. The van der Waals surface area contributed by atoms with Crippen LogP contribution in [0.3, 0.4) is 0 Å². The molecule has 4 rings (SSSR count). The molecule has 0 radical (unpaired) electrons. The van der Waals surface area contributed by atoms with Gasteiger partial charge in [0.2, 0.25) is 0 Å². The van der Waals surface area contributed by atoms with Crippen molar-refractivity contribution in [3.05, 3.63) is 60.6 Å². The van der Waals surface area contributed by atoms with Crippen molar-refractivity contribution in [2.45, 2.75) is 31.7 Å². The number of piperidine rings is 1. The molecular weight excluding hydrogens is 412 g/mol.